The lowest BCUT2D eigenvalue weighted by molar-refractivity contribution is 1.30. The molecule has 0 amide bonds. The van der Waals surface area contributed by atoms with Crippen LogP contribution in [0.15, 0.2) is 54.3 Å². The van der Waals surface area contributed by atoms with Crippen LogP contribution in [0, 0.1) is 6.92 Å². The normalized spacial score (nSPS) is 7.65. The average Bonchev–Trinajstić information content (AvgIpc) is 2.99. The van der Waals surface area contributed by atoms with Gasteiger partial charge in [-0.3, -0.25) is 4.99 Å². The number of aryl methyl sites for hydroxylation is 1. The van der Waals surface area contributed by atoms with E-state index in [2.05, 4.69) is 35.4 Å². The van der Waals surface area contributed by atoms with E-state index in [1.54, 1.807) is 11.3 Å². The first-order valence-electron chi connectivity index (χ1n) is 6.82. The highest BCUT2D eigenvalue weighted by Crippen LogP contribution is 2.24. The van der Waals surface area contributed by atoms with E-state index in [0.29, 0.717) is 0 Å². The smallest absolute Gasteiger partial charge is 0.0900 e. The van der Waals surface area contributed by atoms with Gasteiger partial charge in [-0.25, -0.2) is 4.98 Å². The summed E-state index contributed by atoms with van der Waals surface area (Å²) in [6.07, 6.45) is 3.31. The lowest BCUT2D eigenvalue weighted by Crippen LogP contribution is -1.67. The maximum absolute atomic E-state index is 4.21. The fourth-order valence-corrected chi connectivity index (χ4v) is 1.88. The van der Waals surface area contributed by atoms with Gasteiger partial charge in [0, 0.05) is 12.4 Å². The molecule has 0 saturated heterocycles. The molecule has 20 heavy (non-hydrogen) atoms. The molecular formula is C17H26N2S. The van der Waals surface area contributed by atoms with Crippen LogP contribution in [0.5, 0.6) is 0 Å². The van der Waals surface area contributed by atoms with Crippen molar-refractivity contribution in [2.75, 3.05) is 0 Å². The van der Waals surface area contributed by atoms with Gasteiger partial charge in [-0.05, 0) is 19.2 Å². The third-order valence-corrected chi connectivity index (χ3v) is 2.77. The molecule has 1 aromatic heterocycles. The highest BCUT2D eigenvalue weighted by molar-refractivity contribution is 7.15. The van der Waals surface area contributed by atoms with Gasteiger partial charge in [0.25, 0.3) is 0 Å². The minimum atomic E-state index is 1.12. The van der Waals surface area contributed by atoms with Crippen LogP contribution in [-0.4, -0.2) is 11.7 Å². The van der Waals surface area contributed by atoms with Crippen LogP contribution in [0.2, 0.25) is 0 Å². The van der Waals surface area contributed by atoms with Gasteiger partial charge in [-0.15, -0.1) is 11.3 Å². The van der Waals surface area contributed by atoms with E-state index in [0.717, 1.165) is 5.01 Å². The third kappa shape index (κ3) is 9.22. The Morgan fingerprint density at radius 1 is 1.10 bits per heavy atom. The van der Waals surface area contributed by atoms with Crippen molar-refractivity contribution in [3.8, 4) is 10.4 Å². The molecule has 2 nitrogen and oxygen atoms in total. The second kappa shape index (κ2) is 15.3. The average molecular weight is 290 g/mol. The summed E-state index contributed by atoms with van der Waals surface area (Å²) in [5.41, 5.74) is 1.25. The van der Waals surface area contributed by atoms with Crippen LogP contribution in [-0.2, 0) is 0 Å². The summed E-state index contributed by atoms with van der Waals surface area (Å²) in [7, 11) is 0. The predicted octanol–water partition coefficient (Wildman–Crippen LogP) is 6.00. The lowest BCUT2D eigenvalue weighted by atomic mass is 10.2. The monoisotopic (exact) mass is 290 g/mol. The standard InChI is InChI=1S/C10H9NS.C3H5N.2C2H6/c1-8-11-7-10(12-8)9-5-3-2-4-6-9;1-3-4-2;2*1-2/h2-7H,1H3;3H,1-2H2;2*1-2H3. The van der Waals surface area contributed by atoms with Crippen LogP contribution in [0.25, 0.3) is 10.4 Å². The van der Waals surface area contributed by atoms with Gasteiger partial charge in [-0.2, -0.15) is 0 Å². The maximum Gasteiger partial charge on any atom is 0.0900 e. The van der Waals surface area contributed by atoms with Crippen molar-refractivity contribution in [2.45, 2.75) is 34.6 Å². The first-order chi connectivity index (χ1) is 9.77. The van der Waals surface area contributed by atoms with Gasteiger partial charge in [0.05, 0.1) is 9.88 Å². The van der Waals surface area contributed by atoms with E-state index >= 15 is 0 Å². The quantitative estimate of drug-likeness (QED) is 0.622. The molecule has 1 aromatic carbocycles. The van der Waals surface area contributed by atoms with Crippen LogP contribution in [0.1, 0.15) is 32.7 Å². The van der Waals surface area contributed by atoms with Gasteiger partial charge in [-0.1, -0.05) is 64.6 Å². The summed E-state index contributed by atoms with van der Waals surface area (Å²) < 4.78 is 0. The molecule has 0 aliphatic rings. The highest BCUT2D eigenvalue weighted by atomic mass is 32.1. The molecule has 0 fully saturated rings. The number of benzene rings is 1. The van der Waals surface area contributed by atoms with E-state index in [1.165, 1.54) is 16.6 Å². The fraction of sp³-hybridized carbons (Fsp3) is 0.294. The Labute approximate surface area is 127 Å². The molecule has 0 bridgehead atoms. The predicted molar refractivity (Wildman–Crippen MR) is 94.7 cm³/mol. The zero-order valence-electron chi connectivity index (χ0n) is 13.3. The van der Waals surface area contributed by atoms with Crippen LogP contribution in [0.4, 0.5) is 0 Å². The Bertz CT molecular complexity index is 441. The zero-order chi connectivity index (χ0) is 15.8. The van der Waals surface area contributed by atoms with Crippen LogP contribution in [0.3, 0.4) is 0 Å². The zero-order valence-corrected chi connectivity index (χ0v) is 14.1. The summed E-state index contributed by atoms with van der Waals surface area (Å²) in [6.45, 7) is 16.4. The fourth-order valence-electron chi connectivity index (χ4n) is 1.10. The Morgan fingerprint density at radius 3 is 1.95 bits per heavy atom. The number of rotatable bonds is 2. The molecule has 2 rings (SSSR count). The van der Waals surface area contributed by atoms with Crippen LogP contribution < -0.4 is 0 Å². The number of thiazole rings is 1. The second-order valence-electron chi connectivity index (χ2n) is 2.97. The molecule has 0 unspecified atom stereocenters. The molecule has 1 heterocycles. The van der Waals surface area contributed by atoms with Gasteiger partial charge in [0.2, 0.25) is 0 Å². The summed E-state index contributed by atoms with van der Waals surface area (Å²) in [6, 6.07) is 10.3. The Balaban J connectivity index is 0. The van der Waals surface area contributed by atoms with E-state index in [9.17, 15) is 0 Å². The Morgan fingerprint density at radius 2 is 1.60 bits per heavy atom. The van der Waals surface area contributed by atoms with Crippen molar-refractivity contribution in [1.82, 2.24) is 4.98 Å². The second-order valence-corrected chi connectivity index (χ2v) is 4.21. The molecule has 0 radical (unpaired) electrons. The number of aromatic nitrogens is 1. The highest BCUT2D eigenvalue weighted by Gasteiger charge is 1.98. The number of aliphatic imine (C=N–C) groups is 1. The topological polar surface area (TPSA) is 25.2 Å². The number of hydrogen-bond donors (Lipinski definition) is 0. The van der Waals surface area contributed by atoms with Gasteiger partial charge in [0.15, 0.2) is 0 Å². The van der Waals surface area contributed by atoms with Crippen molar-refractivity contribution in [2.24, 2.45) is 4.99 Å². The van der Waals surface area contributed by atoms with Gasteiger partial charge < -0.3 is 0 Å². The SMILES string of the molecule is C=CN=C.CC.CC.Cc1ncc(-c2ccccc2)s1. The van der Waals surface area contributed by atoms with Gasteiger partial charge in [0.1, 0.15) is 0 Å². The van der Waals surface area contributed by atoms with E-state index in [1.807, 2.05) is 59.0 Å². The van der Waals surface area contributed by atoms with E-state index < -0.39 is 0 Å². The molecule has 0 aliphatic heterocycles. The summed E-state index contributed by atoms with van der Waals surface area (Å²) in [5.74, 6) is 0. The van der Waals surface area contributed by atoms with E-state index in [4.69, 9.17) is 0 Å². The van der Waals surface area contributed by atoms with Crippen LogP contribution >= 0.6 is 11.3 Å². The Hall–Kier alpha value is -1.74. The van der Waals surface area contributed by atoms with E-state index in [-0.39, 0.29) is 0 Å². The molecular weight excluding hydrogens is 264 g/mol. The maximum atomic E-state index is 4.21. The molecule has 0 saturated carbocycles. The van der Waals surface area contributed by atoms with Crippen molar-refractivity contribution in [3.05, 3.63) is 54.3 Å². The largest absolute Gasteiger partial charge is 0.273 e. The molecule has 0 N–H and O–H groups in total. The molecule has 0 aliphatic carbocycles. The number of hydrogen-bond acceptors (Lipinski definition) is 3. The summed E-state index contributed by atoms with van der Waals surface area (Å²) in [4.78, 5) is 8.71. The summed E-state index contributed by atoms with van der Waals surface area (Å²) >= 11 is 1.73. The minimum Gasteiger partial charge on any atom is -0.273 e. The first kappa shape index (κ1) is 20.6. The van der Waals surface area contributed by atoms with Crippen molar-refractivity contribution >= 4 is 18.1 Å². The van der Waals surface area contributed by atoms with Crippen molar-refractivity contribution in [1.29, 1.82) is 0 Å². The van der Waals surface area contributed by atoms with Crippen molar-refractivity contribution in [3.63, 3.8) is 0 Å². The molecule has 0 atom stereocenters. The molecule has 2 aromatic rings. The lowest BCUT2D eigenvalue weighted by Gasteiger charge is -1.92. The van der Waals surface area contributed by atoms with Gasteiger partial charge >= 0.3 is 0 Å². The van der Waals surface area contributed by atoms with Crippen molar-refractivity contribution < 1.29 is 0 Å². The minimum absolute atomic E-state index is 1.12. The summed E-state index contributed by atoms with van der Waals surface area (Å²) in [5, 5.41) is 1.12. The molecule has 110 valence electrons. The Kier molecular flexibility index (Phi) is 15.8. The third-order valence-electron chi connectivity index (χ3n) is 1.81. The molecule has 3 heteroatoms. The molecule has 0 spiro atoms. The number of nitrogens with zero attached hydrogens (tertiary/aromatic N) is 2. The first-order valence-corrected chi connectivity index (χ1v) is 7.64.